The smallest absolute Gasteiger partial charge is 0.165 e. The topological polar surface area (TPSA) is 88.1 Å². The van der Waals surface area contributed by atoms with E-state index >= 15 is 0 Å². The Kier molecular flexibility index (Phi) is 3.31. The van der Waals surface area contributed by atoms with E-state index in [2.05, 4.69) is 27.1 Å². The largest absolute Gasteiger partial charge is 0.382 e. The molecule has 1 aliphatic heterocycles. The van der Waals surface area contributed by atoms with Gasteiger partial charge < -0.3 is 19.8 Å². The van der Waals surface area contributed by atoms with Crippen LogP contribution in [0.25, 0.3) is 11.2 Å². The lowest BCUT2D eigenvalue weighted by Crippen LogP contribution is -2.44. The van der Waals surface area contributed by atoms with Gasteiger partial charge in [-0.2, -0.15) is 0 Å². The summed E-state index contributed by atoms with van der Waals surface area (Å²) >= 11 is 0. The highest BCUT2D eigenvalue weighted by molar-refractivity contribution is 5.81. The minimum atomic E-state index is -0.338. The fraction of sp³-hybridized carbons (Fsp3) is 0.533. The predicted octanol–water partition coefficient (Wildman–Crippen LogP) is 1.65. The Labute approximate surface area is 128 Å². The van der Waals surface area contributed by atoms with Crippen LogP contribution in [-0.2, 0) is 16.0 Å². The molecule has 116 valence electrons. The third kappa shape index (κ3) is 2.36. The van der Waals surface area contributed by atoms with Gasteiger partial charge in [0.25, 0.3) is 0 Å². The summed E-state index contributed by atoms with van der Waals surface area (Å²) in [6.07, 6.45) is 11.4. The van der Waals surface area contributed by atoms with Crippen LogP contribution in [0.5, 0.6) is 0 Å². The monoisotopic (exact) mass is 301 g/mol. The molecule has 1 fully saturated rings. The van der Waals surface area contributed by atoms with E-state index in [-0.39, 0.29) is 11.9 Å². The van der Waals surface area contributed by atoms with Gasteiger partial charge in [-0.05, 0) is 25.7 Å². The van der Waals surface area contributed by atoms with Crippen molar-refractivity contribution in [1.29, 1.82) is 0 Å². The number of nitrogens with two attached hydrogens (primary N) is 1. The van der Waals surface area contributed by atoms with Crippen LogP contribution in [0.1, 0.15) is 25.7 Å². The van der Waals surface area contributed by atoms with E-state index in [1.165, 1.54) is 6.33 Å². The number of rotatable bonds is 4. The minimum absolute atomic E-state index is 0.117. The second-order valence-corrected chi connectivity index (χ2v) is 5.89. The van der Waals surface area contributed by atoms with Gasteiger partial charge in [0.1, 0.15) is 17.4 Å². The molecule has 0 aromatic carbocycles. The summed E-state index contributed by atoms with van der Waals surface area (Å²) in [6, 6.07) is 0. The molecule has 4 rings (SSSR count). The van der Waals surface area contributed by atoms with Gasteiger partial charge >= 0.3 is 0 Å². The molecule has 0 saturated carbocycles. The second-order valence-electron chi connectivity index (χ2n) is 5.89. The van der Waals surface area contributed by atoms with Gasteiger partial charge in [0.2, 0.25) is 0 Å². The minimum Gasteiger partial charge on any atom is -0.382 e. The molecule has 2 aliphatic rings. The van der Waals surface area contributed by atoms with Crippen LogP contribution in [-0.4, -0.2) is 38.0 Å². The first-order chi connectivity index (χ1) is 10.8. The van der Waals surface area contributed by atoms with Crippen LogP contribution in [0.2, 0.25) is 0 Å². The lowest BCUT2D eigenvalue weighted by atomic mass is 9.88. The molecule has 2 unspecified atom stereocenters. The Hall–Kier alpha value is -1.99. The number of fused-ring (bicyclic) bond motifs is 1. The molecule has 0 bridgehead atoms. The first-order valence-electron chi connectivity index (χ1n) is 7.64. The van der Waals surface area contributed by atoms with Gasteiger partial charge in [0.15, 0.2) is 17.8 Å². The van der Waals surface area contributed by atoms with Crippen molar-refractivity contribution in [3.05, 3.63) is 24.8 Å². The maximum atomic E-state index is 6.24. The maximum Gasteiger partial charge on any atom is 0.165 e. The molecule has 1 saturated heterocycles. The number of ether oxygens (including phenoxy) is 2. The van der Waals surface area contributed by atoms with Crippen molar-refractivity contribution >= 4 is 17.0 Å². The molecule has 2 N–H and O–H groups in total. The number of imidazole rings is 1. The van der Waals surface area contributed by atoms with E-state index in [9.17, 15) is 0 Å². The van der Waals surface area contributed by atoms with Crippen LogP contribution in [0, 0.1) is 0 Å². The number of hydrogen-bond acceptors (Lipinski definition) is 6. The van der Waals surface area contributed by atoms with Crippen molar-refractivity contribution in [3.63, 3.8) is 0 Å². The lowest BCUT2D eigenvalue weighted by molar-refractivity contribution is -0.218. The molecule has 3 heterocycles. The summed E-state index contributed by atoms with van der Waals surface area (Å²) in [4.78, 5) is 12.6. The highest BCUT2D eigenvalue weighted by Gasteiger charge is 2.37. The summed E-state index contributed by atoms with van der Waals surface area (Å²) in [7, 11) is 0. The first-order valence-corrected chi connectivity index (χ1v) is 7.64. The van der Waals surface area contributed by atoms with Gasteiger partial charge in [0, 0.05) is 6.61 Å². The third-order valence-corrected chi connectivity index (χ3v) is 4.26. The Bertz CT molecular complexity index is 707. The molecule has 0 radical (unpaired) electrons. The fourth-order valence-corrected chi connectivity index (χ4v) is 2.99. The number of nitrogens with zero attached hydrogens (tertiary/aromatic N) is 4. The van der Waals surface area contributed by atoms with Gasteiger partial charge in [-0.3, -0.25) is 0 Å². The van der Waals surface area contributed by atoms with E-state index in [0.717, 1.165) is 37.9 Å². The summed E-state index contributed by atoms with van der Waals surface area (Å²) < 4.78 is 13.9. The Morgan fingerprint density at radius 2 is 2.27 bits per heavy atom. The van der Waals surface area contributed by atoms with E-state index in [1.807, 2.05) is 4.57 Å². The van der Waals surface area contributed by atoms with Crippen molar-refractivity contribution < 1.29 is 9.47 Å². The highest BCUT2D eigenvalue weighted by Crippen LogP contribution is 2.34. The molecule has 2 atom stereocenters. The molecule has 2 aromatic heterocycles. The quantitative estimate of drug-likeness (QED) is 0.864. The average molecular weight is 301 g/mol. The number of nitrogen functional groups attached to an aromatic ring is 1. The van der Waals surface area contributed by atoms with Crippen LogP contribution in [0.4, 0.5) is 5.82 Å². The van der Waals surface area contributed by atoms with Gasteiger partial charge in [-0.15, -0.1) is 0 Å². The second kappa shape index (κ2) is 5.33. The lowest BCUT2D eigenvalue weighted by Gasteiger charge is -2.39. The molecule has 0 spiro atoms. The van der Waals surface area contributed by atoms with E-state index in [0.29, 0.717) is 17.9 Å². The van der Waals surface area contributed by atoms with E-state index < -0.39 is 0 Å². The fourth-order valence-electron chi connectivity index (χ4n) is 2.99. The number of anilines is 1. The van der Waals surface area contributed by atoms with Crippen molar-refractivity contribution in [3.8, 4) is 0 Å². The zero-order valence-electron chi connectivity index (χ0n) is 12.3. The maximum absolute atomic E-state index is 6.24. The van der Waals surface area contributed by atoms with Crippen LogP contribution >= 0.6 is 0 Å². The molecular formula is C15H19N5O2. The molecule has 22 heavy (non-hydrogen) atoms. The standard InChI is InChI=1S/C15H19N5O2/c16-13-12-14(18-9-17-13)20(10-19-12)8-15(5-3-6-15)22-11-4-1-2-7-21-11/h3,5,9-11H,1-2,4,6-8H2,(H2,16,17,18). The van der Waals surface area contributed by atoms with Crippen molar-refractivity contribution in [2.24, 2.45) is 0 Å². The summed E-state index contributed by atoms with van der Waals surface area (Å²) in [5.41, 5.74) is 6.87. The summed E-state index contributed by atoms with van der Waals surface area (Å²) in [5.74, 6) is 0.401. The Morgan fingerprint density at radius 3 is 3.00 bits per heavy atom. The van der Waals surface area contributed by atoms with Gasteiger partial charge in [0.05, 0.1) is 12.9 Å². The zero-order chi connectivity index (χ0) is 15.0. The predicted molar refractivity (Wildman–Crippen MR) is 80.9 cm³/mol. The van der Waals surface area contributed by atoms with Crippen molar-refractivity contribution in [2.45, 2.75) is 44.1 Å². The zero-order valence-corrected chi connectivity index (χ0v) is 12.3. The van der Waals surface area contributed by atoms with Gasteiger partial charge in [-0.25, -0.2) is 15.0 Å². The van der Waals surface area contributed by atoms with E-state index in [4.69, 9.17) is 15.2 Å². The first kappa shape index (κ1) is 13.7. The molecule has 2 aromatic rings. The van der Waals surface area contributed by atoms with Crippen molar-refractivity contribution in [1.82, 2.24) is 19.5 Å². The van der Waals surface area contributed by atoms with Crippen molar-refractivity contribution in [2.75, 3.05) is 12.3 Å². The SMILES string of the molecule is Nc1ncnc2c1ncn2CC1(OC2CCCCO2)C=CC1. The Morgan fingerprint density at radius 1 is 1.36 bits per heavy atom. The summed E-state index contributed by atoms with van der Waals surface area (Å²) in [6.45, 7) is 1.43. The molecule has 1 aliphatic carbocycles. The average Bonchev–Trinajstić information content (AvgIpc) is 2.90. The number of aromatic nitrogens is 4. The van der Waals surface area contributed by atoms with Crippen LogP contribution < -0.4 is 5.73 Å². The molecule has 7 heteroatoms. The normalized spacial score (nSPS) is 27.9. The molecule has 0 amide bonds. The third-order valence-electron chi connectivity index (χ3n) is 4.26. The van der Waals surface area contributed by atoms with Crippen LogP contribution in [0.15, 0.2) is 24.8 Å². The van der Waals surface area contributed by atoms with Gasteiger partial charge in [-0.1, -0.05) is 12.2 Å². The summed E-state index contributed by atoms with van der Waals surface area (Å²) in [5, 5.41) is 0. The van der Waals surface area contributed by atoms with E-state index in [1.54, 1.807) is 6.33 Å². The number of hydrogen-bond donors (Lipinski definition) is 1. The van der Waals surface area contributed by atoms with Crippen LogP contribution in [0.3, 0.4) is 0 Å². The molecular weight excluding hydrogens is 282 g/mol. The highest BCUT2D eigenvalue weighted by atomic mass is 16.7. The Balaban J connectivity index is 1.57. The molecule has 7 nitrogen and oxygen atoms in total.